The highest BCUT2D eigenvalue weighted by Crippen LogP contribution is 2.33. The van der Waals surface area contributed by atoms with Crippen LogP contribution < -0.4 is 5.32 Å². The molecular weight excluding hydrogens is 228 g/mol. The molecule has 104 valence electrons. The minimum Gasteiger partial charge on any atom is -0.378 e. The summed E-state index contributed by atoms with van der Waals surface area (Å²) in [6.07, 6.45) is 5.70. The van der Waals surface area contributed by atoms with E-state index in [4.69, 9.17) is 4.74 Å². The first-order valence-corrected chi connectivity index (χ1v) is 7.41. The second-order valence-corrected chi connectivity index (χ2v) is 5.38. The summed E-state index contributed by atoms with van der Waals surface area (Å²) >= 11 is 0. The van der Waals surface area contributed by atoms with Crippen LogP contribution in [0.2, 0.25) is 0 Å². The lowest BCUT2D eigenvalue weighted by Gasteiger charge is -2.43. The summed E-state index contributed by atoms with van der Waals surface area (Å²) in [4.78, 5) is 14.4. The molecule has 0 spiro atoms. The van der Waals surface area contributed by atoms with Crippen LogP contribution >= 0.6 is 0 Å². The summed E-state index contributed by atoms with van der Waals surface area (Å²) in [7, 11) is 0. The molecule has 18 heavy (non-hydrogen) atoms. The molecule has 0 aromatic heterocycles. The topological polar surface area (TPSA) is 41.6 Å². The summed E-state index contributed by atoms with van der Waals surface area (Å²) in [5.74, 6) is 0.302. The van der Waals surface area contributed by atoms with Gasteiger partial charge in [-0.1, -0.05) is 20.3 Å². The van der Waals surface area contributed by atoms with Crippen LogP contribution in [-0.2, 0) is 9.53 Å². The normalized spacial score (nSPS) is 35.9. The average molecular weight is 254 g/mol. The zero-order valence-electron chi connectivity index (χ0n) is 11.8. The Labute approximate surface area is 110 Å². The largest absolute Gasteiger partial charge is 0.378 e. The Bertz CT molecular complexity index is 290. The van der Waals surface area contributed by atoms with E-state index in [9.17, 15) is 4.79 Å². The Morgan fingerprint density at radius 2 is 2.06 bits per heavy atom. The van der Waals surface area contributed by atoms with Crippen molar-refractivity contribution in [2.24, 2.45) is 0 Å². The van der Waals surface area contributed by atoms with Gasteiger partial charge in [-0.15, -0.1) is 0 Å². The van der Waals surface area contributed by atoms with Gasteiger partial charge in [0.25, 0.3) is 0 Å². The Hall–Kier alpha value is -0.610. The second-order valence-electron chi connectivity index (χ2n) is 5.38. The SMILES string of the molecule is CCCC1NC(CC)C(=O)N1C1CC(OCC)C1. The van der Waals surface area contributed by atoms with Crippen LogP contribution in [0.1, 0.15) is 52.9 Å². The van der Waals surface area contributed by atoms with Crippen molar-refractivity contribution in [2.75, 3.05) is 6.61 Å². The van der Waals surface area contributed by atoms with Crippen molar-refractivity contribution in [3.05, 3.63) is 0 Å². The summed E-state index contributed by atoms with van der Waals surface area (Å²) < 4.78 is 5.59. The molecule has 1 saturated heterocycles. The molecule has 0 radical (unpaired) electrons. The first kappa shape index (κ1) is 13.8. The van der Waals surface area contributed by atoms with Crippen molar-refractivity contribution in [2.45, 2.75) is 77.2 Å². The van der Waals surface area contributed by atoms with Gasteiger partial charge in [0.1, 0.15) is 0 Å². The van der Waals surface area contributed by atoms with E-state index in [1.807, 2.05) is 6.92 Å². The van der Waals surface area contributed by atoms with Gasteiger partial charge in [0.2, 0.25) is 5.91 Å². The Balaban J connectivity index is 1.94. The molecule has 1 heterocycles. The minimum atomic E-state index is 0.0349. The zero-order valence-corrected chi connectivity index (χ0v) is 11.8. The number of amides is 1. The highest BCUT2D eigenvalue weighted by atomic mass is 16.5. The van der Waals surface area contributed by atoms with Crippen LogP contribution in [-0.4, -0.2) is 41.8 Å². The monoisotopic (exact) mass is 254 g/mol. The van der Waals surface area contributed by atoms with E-state index >= 15 is 0 Å². The van der Waals surface area contributed by atoms with Gasteiger partial charge < -0.3 is 9.64 Å². The van der Waals surface area contributed by atoms with Crippen molar-refractivity contribution < 1.29 is 9.53 Å². The molecule has 2 aliphatic rings. The van der Waals surface area contributed by atoms with Gasteiger partial charge >= 0.3 is 0 Å². The van der Waals surface area contributed by atoms with Crippen LogP contribution in [0.3, 0.4) is 0 Å². The van der Waals surface area contributed by atoms with Gasteiger partial charge in [0.05, 0.1) is 18.3 Å². The number of hydrogen-bond donors (Lipinski definition) is 1. The quantitative estimate of drug-likeness (QED) is 0.787. The van der Waals surface area contributed by atoms with E-state index < -0.39 is 0 Å². The summed E-state index contributed by atoms with van der Waals surface area (Å²) in [5, 5.41) is 3.47. The van der Waals surface area contributed by atoms with Gasteiger partial charge in [-0.3, -0.25) is 10.1 Å². The maximum Gasteiger partial charge on any atom is 0.241 e. The molecule has 0 aromatic carbocycles. The molecule has 1 aliphatic carbocycles. The Morgan fingerprint density at radius 1 is 1.33 bits per heavy atom. The van der Waals surface area contributed by atoms with Crippen LogP contribution in [0.15, 0.2) is 0 Å². The molecule has 0 aromatic rings. The van der Waals surface area contributed by atoms with Crippen molar-refractivity contribution in [3.63, 3.8) is 0 Å². The summed E-state index contributed by atoms with van der Waals surface area (Å²) in [6, 6.07) is 0.433. The van der Waals surface area contributed by atoms with E-state index in [0.717, 1.165) is 38.7 Å². The number of rotatable bonds is 6. The zero-order chi connectivity index (χ0) is 13.1. The first-order chi connectivity index (χ1) is 8.71. The highest BCUT2D eigenvalue weighted by molar-refractivity contribution is 5.84. The predicted octanol–water partition coefficient (Wildman–Crippen LogP) is 1.89. The molecule has 2 rings (SSSR count). The number of nitrogens with zero attached hydrogens (tertiary/aromatic N) is 1. The third-order valence-corrected chi connectivity index (χ3v) is 4.12. The van der Waals surface area contributed by atoms with Gasteiger partial charge in [0.15, 0.2) is 0 Å². The number of hydrogen-bond acceptors (Lipinski definition) is 3. The van der Waals surface area contributed by atoms with Crippen LogP contribution in [0.25, 0.3) is 0 Å². The van der Waals surface area contributed by atoms with Gasteiger partial charge in [0, 0.05) is 12.6 Å². The molecule has 2 unspecified atom stereocenters. The molecule has 4 heteroatoms. The van der Waals surface area contributed by atoms with Crippen LogP contribution in [0.4, 0.5) is 0 Å². The molecule has 4 nitrogen and oxygen atoms in total. The van der Waals surface area contributed by atoms with Crippen molar-refractivity contribution in [1.82, 2.24) is 10.2 Å². The molecule has 1 saturated carbocycles. The van der Waals surface area contributed by atoms with Gasteiger partial charge in [-0.05, 0) is 32.6 Å². The third kappa shape index (κ3) is 2.54. The number of carbonyl (C=O) groups excluding carboxylic acids is 1. The van der Waals surface area contributed by atoms with Crippen LogP contribution in [0, 0.1) is 0 Å². The Kier molecular flexibility index (Phi) is 4.62. The average Bonchev–Trinajstić information content (AvgIpc) is 2.61. The second kappa shape index (κ2) is 6.02. The number of carbonyl (C=O) groups is 1. The molecule has 2 fully saturated rings. The lowest BCUT2D eigenvalue weighted by molar-refractivity contribution is -0.138. The number of ether oxygens (including phenoxy) is 1. The standard InChI is InChI=1S/C14H26N2O2/c1-4-7-13-15-12(5-2)14(17)16(13)10-8-11(9-10)18-6-3/h10-13,15H,4-9H2,1-3H3. The third-order valence-electron chi connectivity index (χ3n) is 4.12. The van der Waals surface area contributed by atoms with E-state index in [0.29, 0.717) is 18.1 Å². The molecule has 1 aliphatic heterocycles. The van der Waals surface area contributed by atoms with Crippen molar-refractivity contribution in [1.29, 1.82) is 0 Å². The maximum atomic E-state index is 12.3. The van der Waals surface area contributed by atoms with Gasteiger partial charge in [-0.25, -0.2) is 0 Å². The maximum absolute atomic E-state index is 12.3. The highest BCUT2D eigenvalue weighted by Gasteiger charge is 2.45. The van der Waals surface area contributed by atoms with Gasteiger partial charge in [-0.2, -0.15) is 0 Å². The lowest BCUT2D eigenvalue weighted by Crippen LogP contribution is -2.53. The van der Waals surface area contributed by atoms with E-state index in [2.05, 4.69) is 24.1 Å². The molecular formula is C14H26N2O2. The summed E-state index contributed by atoms with van der Waals surface area (Å²) in [5.41, 5.74) is 0. The fourth-order valence-electron chi connectivity index (χ4n) is 3.08. The minimum absolute atomic E-state index is 0.0349. The van der Waals surface area contributed by atoms with Crippen molar-refractivity contribution in [3.8, 4) is 0 Å². The first-order valence-electron chi connectivity index (χ1n) is 7.41. The lowest BCUT2D eigenvalue weighted by atomic mass is 9.87. The number of nitrogens with one attached hydrogen (secondary N) is 1. The fourth-order valence-corrected chi connectivity index (χ4v) is 3.08. The smallest absolute Gasteiger partial charge is 0.241 e. The predicted molar refractivity (Wildman–Crippen MR) is 71.2 cm³/mol. The van der Waals surface area contributed by atoms with E-state index in [1.165, 1.54) is 0 Å². The van der Waals surface area contributed by atoms with Crippen LogP contribution in [0.5, 0.6) is 0 Å². The van der Waals surface area contributed by atoms with Crippen molar-refractivity contribution >= 4 is 5.91 Å². The molecule has 2 atom stereocenters. The Morgan fingerprint density at radius 3 is 2.61 bits per heavy atom. The molecule has 1 N–H and O–H groups in total. The van der Waals surface area contributed by atoms with E-state index in [1.54, 1.807) is 0 Å². The molecule has 1 amide bonds. The van der Waals surface area contributed by atoms with E-state index in [-0.39, 0.29) is 12.2 Å². The molecule has 0 bridgehead atoms. The fraction of sp³-hybridized carbons (Fsp3) is 0.929. The summed E-state index contributed by atoms with van der Waals surface area (Å²) in [6.45, 7) is 7.06.